The monoisotopic (exact) mass is 227 g/mol. The second kappa shape index (κ2) is 10.3. The van der Waals surface area contributed by atoms with Crippen LogP contribution in [0.15, 0.2) is 0 Å². The van der Waals surface area contributed by atoms with Crippen molar-refractivity contribution in [2.24, 2.45) is 0 Å². The van der Waals surface area contributed by atoms with Crippen LogP contribution in [0.2, 0.25) is 0 Å². The smallest absolute Gasteiger partial charge is 0.195 e. The van der Waals surface area contributed by atoms with E-state index in [0.717, 1.165) is 13.0 Å². The first-order chi connectivity index (χ1) is 7.70. The van der Waals surface area contributed by atoms with E-state index in [0.29, 0.717) is 6.54 Å². The van der Waals surface area contributed by atoms with Gasteiger partial charge in [-0.3, -0.25) is 16.1 Å². The van der Waals surface area contributed by atoms with Crippen LogP contribution in [-0.4, -0.2) is 25.0 Å². The summed E-state index contributed by atoms with van der Waals surface area (Å²) in [5.74, 6) is 0.368. The highest BCUT2D eigenvalue weighted by atomic mass is 15.2. The largest absolute Gasteiger partial charge is 0.357 e. The minimum Gasteiger partial charge on any atom is -0.357 e. The SMILES string of the molecule is CCCCCCCNC(=N)NC(=N)NCC. The van der Waals surface area contributed by atoms with Crippen LogP contribution in [0.3, 0.4) is 0 Å². The fourth-order valence-electron chi connectivity index (χ4n) is 1.33. The molecule has 94 valence electrons. The standard InChI is InChI=1S/C11H25N5/c1-3-5-6-7-8-9-15-11(13)16-10(12)14-4-2/h3-9H2,1-2H3,(H5,12,13,14,15,16). The Balaban J connectivity index is 3.33. The summed E-state index contributed by atoms with van der Waals surface area (Å²) in [6.45, 7) is 5.61. The zero-order valence-corrected chi connectivity index (χ0v) is 10.4. The van der Waals surface area contributed by atoms with Crippen molar-refractivity contribution in [2.45, 2.75) is 46.0 Å². The average Bonchev–Trinajstić information content (AvgIpc) is 2.23. The Hall–Kier alpha value is -1.26. The van der Waals surface area contributed by atoms with E-state index in [1.165, 1.54) is 25.7 Å². The Bertz CT molecular complexity index is 203. The molecule has 0 rings (SSSR count). The first-order valence-electron chi connectivity index (χ1n) is 6.12. The Labute approximate surface area is 98.4 Å². The van der Waals surface area contributed by atoms with Crippen molar-refractivity contribution in [1.29, 1.82) is 10.8 Å². The zero-order chi connectivity index (χ0) is 12.2. The minimum atomic E-state index is 0.172. The molecule has 0 saturated carbocycles. The van der Waals surface area contributed by atoms with Gasteiger partial charge in [-0.25, -0.2) is 0 Å². The molecule has 16 heavy (non-hydrogen) atoms. The Kier molecular flexibility index (Phi) is 9.46. The van der Waals surface area contributed by atoms with Gasteiger partial charge in [0.1, 0.15) is 0 Å². The van der Waals surface area contributed by atoms with Crippen molar-refractivity contribution in [3.63, 3.8) is 0 Å². The fraction of sp³-hybridized carbons (Fsp3) is 0.818. The molecule has 5 nitrogen and oxygen atoms in total. The van der Waals surface area contributed by atoms with Crippen LogP contribution in [0.5, 0.6) is 0 Å². The topological polar surface area (TPSA) is 83.8 Å². The highest BCUT2D eigenvalue weighted by Gasteiger charge is 1.97. The molecule has 0 heterocycles. The molecule has 0 saturated heterocycles. The fourth-order valence-corrected chi connectivity index (χ4v) is 1.33. The van der Waals surface area contributed by atoms with E-state index in [4.69, 9.17) is 10.8 Å². The van der Waals surface area contributed by atoms with Gasteiger partial charge < -0.3 is 10.6 Å². The number of nitrogens with one attached hydrogen (secondary N) is 5. The van der Waals surface area contributed by atoms with Gasteiger partial charge in [0.05, 0.1) is 0 Å². The molecule has 0 aromatic rings. The minimum absolute atomic E-state index is 0.172. The number of rotatable bonds is 7. The Morgan fingerprint density at radius 3 is 2.12 bits per heavy atom. The van der Waals surface area contributed by atoms with Crippen LogP contribution in [0.4, 0.5) is 0 Å². The predicted octanol–water partition coefficient (Wildman–Crippen LogP) is 1.62. The summed E-state index contributed by atoms with van der Waals surface area (Å²) >= 11 is 0. The molecule has 0 aromatic heterocycles. The lowest BCUT2D eigenvalue weighted by Crippen LogP contribution is -2.45. The summed E-state index contributed by atoms with van der Waals surface area (Å²) in [5, 5.41) is 23.3. The van der Waals surface area contributed by atoms with Crippen molar-refractivity contribution < 1.29 is 0 Å². The van der Waals surface area contributed by atoms with E-state index in [-0.39, 0.29) is 11.9 Å². The van der Waals surface area contributed by atoms with Crippen LogP contribution in [0, 0.1) is 10.8 Å². The maximum Gasteiger partial charge on any atom is 0.195 e. The number of unbranched alkanes of at least 4 members (excludes halogenated alkanes) is 4. The van der Waals surface area contributed by atoms with Gasteiger partial charge in [0.2, 0.25) is 0 Å². The van der Waals surface area contributed by atoms with E-state index in [2.05, 4.69) is 22.9 Å². The first kappa shape index (κ1) is 14.7. The molecule has 0 atom stereocenters. The van der Waals surface area contributed by atoms with Crippen molar-refractivity contribution in [3.05, 3.63) is 0 Å². The molecule has 0 unspecified atom stereocenters. The molecule has 0 spiro atoms. The third-order valence-electron chi connectivity index (χ3n) is 2.19. The molecule has 0 bridgehead atoms. The van der Waals surface area contributed by atoms with Crippen molar-refractivity contribution in [2.75, 3.05) is 13.1 Å². The van der Waals surface area contributed by atoms with Crippen LogP contribution in [0.1, 0.15) is 46.0 Å². The summed E-state index contributed by atoms with van der Waals surface area (Å²) in [4.78, 5) is 0. The molecule has 0 aliphatic rings. The molecule has 0 amide bonds. The van der Waals surface area contributed by atoms with Gasteiger partial charge in [0.15, 0.2) is 11.9 Å². The van der Waals surface area contributed by atoms with Crippen LogP contribution < -0.4 is 16.0 Å². The van der Waals surface area contributed by atoms with Crippen LogP contribution >= 0.6 is 0 Å². The van der Waals surface area contributed by atoms with E-state index >= 15 is 0 Å². The number of hydrogen-bond donors (Lipinski definition) is 5. The molecular formula is C11H25N5. The second-order valence-corrected chi connectivity index (χ2v) is 3.75. The highest BCUT2D eigenvalue weighted by Crippen LogP contribution is 2.00. The maximum absolute atomic E-state index is 7.51. The number of hydrogen-bond acceptors (Lipinski definition) is 2. The van der Waals surface area contributed by atoms with Crippen molar-refractivity contribution in [1.82, 2.24) is 16.0 Å². The molecule has 0 aliphatic carbocycles. The van der Waals surface area contributed by atoms with Gasteiger partial charge in [-0.05, 0) is 13.3 Å². The second-order valence-electron chi connectivity index (χ2n) is 3.75. The summed E-state index contributed by atoms with van der Waals surface area (Å²) in [6.07, 6.45) is 6.11. The maximum atomic E-state index is 7.51. The molecule has 0 aromatic carbocycles. The Morgan fingerprint density at radius 2 is 1.50 bits per heavy atom. The van der Waals surface area contributed by atoms with Gasteiger partial charge in [-0.2, -0.15) is 0 Å². The highest BCUT2D eigenvalue weighted by molar-refractivity contribution is 5.95. The van der Waals surface area contributed by atoms with E-state index in [1.54, 1.807) is 0 Å². The third kappa shape index (κ3) is 9.30. The average molecular weight is 227 g/mol. The lowest BCUT2D eigenvalue weighted by molar-refractivity contribution is 0.622. The van der Waals surface area contributed by atoms with Crippen LogP contribution in [-0.2, 0) is 0 Å². The molecule has 5 heteroatoms. The lowest BCUT2D eigenvalue weighted by atomic mass is 10.1. The quantitative estimate of drug-likeness (QED) is 0.260. The lowest BCUT2D eigenvalue weighted by Gasteiger charge is -2.11. The third-order valence-corrected chi connectivity index (χ3v) is 2.19. The van der Waals surface area contributed by atoms with E-state index in [9.17, 15) is 0 Å². The normalized spacial score (nSPS) is 9.62. The van der Waals surface area contributed by atoms with Gasteiger partial charge in [-0.15, -0.1) is 0 Å². The Morgan fingerprint density at radius 1 is 0.875 bits per heavy atom. The van der Waals surface area contributed by atoms with E-state index in [1.807, 2.05) is 6.92 Å². The molecular weight excluding hydrogens is 202 g/mol. The van der Waals surface area contributed by atoms with E-state index < -0.39 is 0 Å². The predicted molar refractivity (Wildman–Crippen MR) is 69.0 cm³/mol. The van der Waals surface area contributed by atoms with Gasteiger partial charge in [0.25, 0.3) is 0 Å². The molecule has 0 fully saturated rings. The summed E-state index contributed by atoms with van der Waals surface area (Å²) in [7, 11) is 0. The van der Waals surface area contributed by atoms with Gasteiger partial charge in [-0.1, -0.05) is 32.6 Å². The zero-order valence-electron chi connectivity index (χ0n) is 10.4. The first-order valence-corrected chi connectivity index (χ1v) is 6.12. The molecule has 5 N–H and O–H groups in total. The van der Waals surface area contributed by atoms with Crippen molar-refractivity contribution in [3.8, 4) is 0 Å². The summed E-state index contributed by atoms with van der Waals surface area (Å²) in [6, 6.07) is 0. The van der Waals surface area contributed by atoms with Crippen molar-refractivity contribution >= 4 is 11.9 Å². The molecule has 0 aliphatic heterocycles. The summed E-state index contributed by atoms with van der Waals surface area (Å²) < 4.78 is 0. The van der Waals surface area contributed by atoms with Crippen LogP contribution in [0.25, 0.3) is 0 Å². The molecule has 0 radical (unpaired) electrons. The summed E-state index contributed by atoms with van der Waals surface area (Å²) in [5.41, 5.74) is 0. The number of guanidine groups is 2. The van der Waals surface area contributed by atoms with Gasteiger partial charge >= 0.3 is 0 Å². The van der Waals surface area contributed by atoms with Gasteiger partial charge in [0, 0.05) is 13.1 Å².